The van der Waals surface area contributed by atoms with Gasteiger partial charge in [0, 0.05) is 4.57 Å². The Kier molecular flexibility index (Phi) is 14.7. The van der Waals surface area contributed by atoms with E-state index in [1.165, 1.54) is 0 Å². The molecule has 0 aromatic heterocycles. The van der Waals surface area contributed by atoms with Crippen LogP contribution >= 0.6 is 24.2 Å². The van der Waals surface area contributed by atoms with Crippen molar-refractivity contribution in [3.63, 3.8) is 0 Å². The summed E-state index contributed by atoms with van der Waals surface area (Å²) in [6.45, 7) is 0. The van der Waals surface area contributed by atoms with E-state index in [1.807, 2.05) is 5.83 Å². The minimum atomic E-state index is -2.87. The van der Waals surface area contributed by atoms with Crippen LogP contribution in [0.5, 0.6) is 0 Å². The number of hydrogen-bond donors (Lipinski definition) is 2. The molecular formula is CH5BrO3P+. The molecule has 0 saturated heterocycles. The molecule has 0 fully saturated rings. The summed E-state index contributed by atoms with van der Waals surface area (Å²) in [5.74, 6) is 1.81. The molecule has 0 heterocycles. The first-order valence-corrected chi connectivity index (χ1v) is 3.71. The van der Waals surface area contributed by atoms with E-state index in [9.17, 15) is 0 Å². The van der Waals surface area contributed by atoms with Crippen LogP contribution in [0.4, 0.5) is 0 Å². The molecule has 0 atom stereocenters. The average molecular weight is 176 g/mol. The smallest absolute Gasteiger partial charge is 0.134 e. The lowest BCUT2D eigenvalue weighted by Crippen LogP contribution is -1.38. The van der Waals surface area contributed by atoms with Crippen molar-refractivity contribution in [2.24, 2.45) is 0 Å². The maximum atomic E-state index is 8.70. The van der Waals surface area contributed by atoms with Gasteiger partial charge in [0.25, 0.3) is 0 Å². The molecule has 0 aromatic carbocycles. The second-order valence-electron chi connectivity index (χ2n) is 0.253. The molecule has 0 aliphatic heterocycles. The van der Waals surface area contributed by atoms with E-state index in [2.05, 4.69) is 15.9 Å². The van der Waals surface area contributed by atoms with Gasteiger partial charge in [0.2, 0.25) is 0 Å². The topological polar surface area (TPSA) is 57.5 Å². The normalized spacial score (nSPS) is 5.33. The van der Waals surface area contributed by atoms with Gasteiger partial charge < -0.3 is 0 Å². The third kappa shape index (κ3) is 221. The summed E-state index contributed by atoms with van der Waals surface area (Å²) in [6, 6.07) is 0. The van der Waals surface area contributed by atoms with Gasteiger partial charge in [0.15, 0.2) is 0 Å². The number of rotatable bonds is 0. The second kappa shape index (κ2) is 9.09. The fourth-order valence-corrected chi connectivity index (χ4v) is 0. The van der Waals surface area contributed by atoms with E-state index in [4.69, 9.17) is 14.4 Å². The van der Waals surface area contributed by atoms with Crippen LogP contribution in [0.15, 0.2) is 0 Å². The Morgan fingerprint density at radius 2 is 1.50 bits per heavy atom. The molecular weight excluding hydrogens is 171 g/mol. The summed E-state index contributed by atoms with van der Waals surface area (Å²) in [7, 11) is -2.87. The van der Waals surface area contributed by atoms with Crippen LogP contribution in [-0.4, -0.2) is 15.6 Å². The van der Waals surface area contributed by atoms with Crippen molar-refractivity contribution in [2.75, 3.05) is 5.83 Å². The van der Waals surface area contributed by atoms with Crippen molar-refractivity contribution >= 4 is 24.2 Å². The molecule has 0 aromatic rings. The highest BCUT2D eigenvalue weighted by molar-refractivity contribution is 9.08. The predicted molar refractivity (Wildman–Crippen MR) is 26.9 cm³/mol. The van der Waals surface area contributed by atoms with Crippen molar-refractivity contribution < 1.29 is 14.4 Å². The van der Waals surface area contributed by atoms with Crippen LogP contribution in [0.2, 0.25) is 0 Å². The zero-order chi connectivity index (χ0) is 5.58. The summed E-state index contributed by atoms with van der Waals surface area (Å²) in [5, 5.41) is 0. The first-order valence-electron chi connectivity index (χ1n) is 0.961. The largest absolute Gasteiger partial charge is 0.692 e. The lowest BCUT2D eigenvalue weighted by Gasteiger charge is -1.34. The third-order valence-electron chi connectivity index (χ3n) is 0. The monoisotopic (exact) mass is 175 g/mol. The Bertz CT molecular complexity index is 33.8. The van der Waals surface area contributed by atoms with Crippen LogP contribution in [0, 0.1) is 0 Å². The van der Waals surface area contributed by atoms with Gasteiger partial charge in [0.1, 0.15) is 0 Å². The van der Waals surface area contributed by atoms with Crippen molar-refractivity contribution in [1.82, 2.24) is 0 Å². The predicted octanol–water partition coefficient (Wildman–Crippen LogP) is 0.640. The van der Waals surface area contributed by atoms with Crippen molar-refractivity contribution in [2.45, 2.75) is 0 Å². The van der Waals surface area contributed by atoms with Crippen molar-refractivity contribution in [3.05, 3.63) is 0 Å². The van der Waals surface area contributed by atoms with E-state index in [0.29, 0.717) is 0 Å². The molecule has 0 bridgehead atoms. The van der Waals surface area contributed by atoms with Gasteiger partial charge in [0.05, 0.1) is 0 Å². The zero-order valence-electron chi connectivity index (χ0n) is 3.13. The minimum Gasteiger partial charge on any atom is -0.134 e. The molecule has 5 heteroatoms. The standard InChI is InChI=1S/CH3Br.HO3P/c1-2;1-4(2)3/h1H3;(H-,1,2,3)/p+1. The van der Waals surface area contributed by atoms with Crippen LogP contribution in [0.3, 0.4) is 0 Å². The van der Waals surface area contributed by atoms with Gasteiger partial charge in [-0.1, -0.05) is 15.9 Å². The Morgan fingerprint density at radius 1 is 1.50 bits per heavy atom. The second-order valence-corrected chi connectivity index (χ2v) is 0.758. The molecule has 0 spiro atoms. The molecule has 0 rings (SSSR count). The Hall–Kier alpha value is 0.500. The van der Waals surface area contributed by atoms with Gasteiger partial charge in [-0.15, -0.1) is 9.79 Å². The lowest BCUT2D eigenvalue weighted by atomic mass is 12.0. The van der Waals surface area contributed by atoms with Gasteiger partial charge in [-0.25, -0.2) is 0 Å². The van der Waals surface area contributed by atoms with E-state index < -0.39 is 8.25 Å². The summed E-state index contributed by atoms with van der Waals surface area (Å²) in [6.07, 6.45) is 0. The summed E-state index contributed by atoms with van der Waals surface area (Å²) in [4.78, 5) is 14.2. The van der Waals surface area contributed by atoms with E-state index >= 15 is 0 Å². The molecule has 0 radical (unpaired) electrons. The van der Waals surface area contributed by atoms with Gasteiger partial charge in [-0.3, -0.25) is 0 Å². The molecule has 0 unspecified atom stereocenters. The van der Waals surface area contributed by atoms with Crippen molar-refractivity contribution in [3.8, 4) is 0 Å². The van der Waals surface area contributed by atoms with Gasteiger partial charge >= 0.3 is 8.25 Å². The van der Waals surface area contributed by atoms with E-state index in [0.717, 1.165) is 0 Å². The molecule has 0 aliphatic carbocycles. The van der Waals surface area contributed by atoms with Crippen molar-refractivity contribution in [1.29, 1.82) is 0 Å². The Labute approximate surface area is 45.1 Å². The van der Waals surface area contributed by atoms with E-state index in [1.54, 1.807) is 0 Å². The maximum absolute atomic E-state index is 8.70. The fraction of sp³-hybridized carbons (Fsp3) is 1.00. The summed E-state index contributed by atoms with van der Waals surface area (Å²) >= 11 is 2.94. The molecule has 2 N–H and O–H groups in total. The van der Waals surface area contributed by atoms with Crippen LogP contribution in [0.1, 0.15) is 0 Å². The van der Waals surface area contributed by atoms with Crippen LogP contribution in [-0.2, 0) is 4.57 Å². The minimum absolute atomic E-state index is 1.81. The maximum Gasteiger partial charge on any atom is 0.692 e. The number of hydrogen-bond acceptors (Lipinski definition) is 1. The molecule has 0 aliphatic rings. The highest BCUT2D eigenvalue weighted by Crippen LogP contribution is 1.98. The Balaban J connectivity index is 0. The SMILES string of the molecule is CBr.O=[P+](O)O. The first-order chi connectivity index (χ1) is 2.73. The molecule has 0 saturated carbocycles. The highest BCUT2D eigenvalue weighted by Gasteiger charge is 1.93. The van der Waals surface area contributed by atoms with Gasteiger partial charge in [-0.2, -0.15) is 0 Å². The average Bonchev–Trinajstić information content (AvgIpc) is 1.41. The third-order valence-corrected chi connectivity index (χ3v) is 0. The Morgan fingerprint density at radius 3 is 1.50 bits per heavy atom. The number of halogens is 1. The molecule has 3 nitrogen and oxygen atoms in total. The van der Waals surface area contributed by atoms with Crippen LogP contribution in [0.25, 0.3) is 0 Å². The zero-order valence-corrected chi connectivity index (χ0v) is 5.61. The lowest BCUT2D eigenvalue weighted by molar-refractivity contribution is 0.405. The summed E-state index contributed by atoms with van der Waals surface area (Å²) in [5.41, 5.74) is 0. The highest BCUT2D eigenvalue weighted by atomic mass is 79.9. The molecule has 0 amide bonds. The quantitative estimate of drug-likeness (QED) is 0.420. The molecule has 38 valence electrons. The first kappa shape index (κ1) is 9.71. The summed E-state index contributed by atoms with van der Waals surface area (Å²) < 4.78 is 8.70. The van der Waals surface area contributed by atoms with Crippen LogP contribution < -0.4 is 0 Å². The van der Waals surface area contributed by atoms with E-state index in [-0.39, 0.29) is 0 Å². The fourth-order valence-electron chi connectivity index (χ4n) is 0. The van der Waals surface area contributed by atoms with Gasteiger partial charge in [-0.05, 0) is 5.83 Å². The number of alkyl halides is 1. The molecule has 6 heavy (non-hydrogen) atoms.